The zero-order valence-corrected chi connectivity index (χ0v) is 21.1. The van der Waals surface area contributed by atoms with E-state index in [0.29, 0.717) is 56.5 Å². The van der Waals surface area contributed by atoms with Gasteiger partial charge in [-0.05, 0) is 62.1 Å². The summed E-state index contributed by atoms with van der Waals surface area (Å²) in [7, 11) is 1.66. The van der Waals surface area contributed by atoms with Gasteiger partial charge in [-0.3, -0.25) is 4.79 Å². The Hall–Kier alpha value is -2.32. The fraction of sp³-hybridized carbons (Fsp3) is 0.552. The minimum Gasteiger partial charge on any atom is -0.391 e. The summed E-state index contributed by atoms with van der Waals surface area (Å²) in [6, 6.07) is 13.9. The summed E-state index contributed by atoms with van der Waals surface area (Å²) >= 11 is 0. The van der Waals surface area contributed by atoms with Crippen molar-refractivity contribution in [2.75, 3.05) is 26.8 Å². The van der Waals surface area contributed by atoms with Gasteiger partial charge in [0.2, 0.25) is 5.91 Å². The number of nitrogens with zero attached hydrogens (tertiary/aromatic N) is 1. The number of rotatable bonds is 9. The second-order valence-electron chi connectivity index (χ2n) is 10.4. The monoisotopic (exact) mass is 498 g/mol. The number of aliphatic hydroxyl groups is 2. The Kier molecular flexibility index (Phi) is 8.78. The number of methoxy groups -OCH3 is 1. The van der Waals surface area contributed by atoms with Gasteiger partial charge in [0, 0.05) is 50.2 Å². The molecule has 36 heavy (non-hydrogen) atoms. The molecule has 1 aliphatic heterocycles. The highest BCUT2D eigenvalue weighted by molar-refractivity contribution is 5.79. The van der Waals surface area contributed by atoms with Gasteiger partial charge in [0.25, 0.3) is 0 Å². The summed E-state index contributed by atoms with van der Waals surface area (Å²) in [5, 5.41) is 22.5. The third-order valence-electron chi connectivity index (χ3n) is 8.03. The zero-order chi connectivity index (χ0) is 25.7. The average Bonchev–Trinajstić information content (AvgIpc) is 3.24. The second kappa shape index (κ2) is 11.8. The Morgan fingerprint density at radius 3 is 2.64 bits per heavy atom. The maximum absolute atomic E-state index is 15.3. The van der Waals surface area contributed by atoms with Crippen LogP contribution >= 0.6 is 0 Å². The molecule has 1 aliphatic carbocycles. The molecule has 0 radical (unpaired) electrons. The molecule has 0 aromatic heterocycles. The molecule has 1 amide bonds. The number of nitrogens with two attached hydrogens (primary N) is 1. The minimum absolute atomic E-state index is 0.00374. The van der Waals surface area contributed by atoms with E-state index in [4.69, 9.17) is 10.5 Å². The van der Waals surface area contributed by atoms with Crippen LogP contribution in [-0.2, 0) is 15.1 Å². The summed E-state index contributed by atoms with van der Waals surface area (Å²) in [6.07, 6.45) is 3.63. The Morgan fingerprint density at radius 1 is 1.17 bits per heavy atom. The molecule has 4 N–H and O–H groups in total. The van der Waals surface area contributed by atoms with Crippen molar-refractivity contribution in [1.29, 1.82) is 0 Å². The molecular weight excluding hydrogens is 459 g/mol. The van der Waals surface area contributed by atoms with Crippen LogP contribution in [0.4, 0.5) is 4.39 Å². The van der Waals surface area contributed by atoms with Crippen LogP contribution in [0.15, 0.2) is 48.5 Å². The van der Waals surface area contributed by atoms with Crippen LogP contribution in [0.1, 0.15) is 50.5 Å². The molecule has 2 aromatic carbocycles. The maximum Gasteiger partial charge on any atom is 0.225 e. The number of carbonyl (C=O) groups is 1. The molecule has 2 aromatic rings. The van der Waals surface area contributed by atoms with E-state index in [0.717, 1.165) is 24.8 Å². The number of aliphatic hydroxyl groups excluding tert-OH is 1. The lowest BCUT2D eigenvalue weighted by molar-refractivity contribution is -0.141. The molecule has 196 valence electrons. The van der Waals surface area contributed by atoms with Crippen LogP contribution in [0.2, 0.25) is 0 Å². The predicted molar refractivity (Wildman–Crippen MR) is 137 cm³/mol. The number of benzene rings is 2. The number of hydrogen-bond acceptors (Lipinski definition) is 5. The summed E-state index contributed by atoms with van der Waals surface area (Å²) in [4.78, 5) is 15.2. The topological polar surface area (TPSA) is 96.0 Å². The smallest absolute Gasteiger partial charge is 0.225 e. The highest BCUT2D eigenvalue weighted by Crippen LogP contribution is 2.44. The van der Waals surface area contributed by atoms with Crippen molar-refractivity contribution in [1.82, 2.24) is 4.90 Å². The molecule has 6 nitrogen and oxygen atoms in total. The van der Waals surface area contributed by atoms with E-state index >= 15 is 4.39 Å². The summed E-state index contributed by atoms with van der Waals surface area (Å²) in [5.74, 6) is -0.915. The van der Waals surface area contributed by atoms with Gasteiger partial charge in [0.15, 0.2) is 0 Å². The molecular formula is C29H39FN2O4. The van der Waals surface area contributed by atoms with Gasteiger partial charge in [-0.25, -0.2) is 4.39 Å². The molecule has 0 spiro atoms. The van der Waals surface area contributed by atoms with Gasteiger partial charge in [-0.1, -0.05) is 42.5 Å². The highest BCUT2D eigenvalue weighted by atomic mass is 19.1. The lowest BCUT2D eigenvalue weighted by Gasteiger charge is -2.44. The Morgan fingerprint density at radius 2 is 1.94 bits per heavy atom. The summed E-state index contributed by atoms with van der Waals surface area (Å²) < 4.78 is 20.5. The van der Waals surface area contributed by atoms with Crippen LogP contribution in [-0.4, -0.2) is 60.0 Å². The van der Waals surface area contributed by atoms with Gasteiger partial charge >= 0.3 is 0 Å². The normalized spacial score (nSPS) is 26.1. The van der Waals surface area contributed by atoms with E-state index in [1.165, 1.54) is 6.07 Å². The van der Waals surface area contributed by atoms with Crippen molar-refractivity contribution in [3.63, 3.8) is 0 Å². The first-order valence-corrected chi connectivity index (χ1v) is 13.1. The fourth-order valence-corrected chi connectivity index (χ4v) is 6.06. The fourth-order valence-electron chi connectivity index (χ4n) is 6.06. The Labute approximate surface area is 213 Å². The third-order valence-corrected chi connectivity index (χ3v) is 8.03. The number of halogens is 1. The van der Waals surface area contributed by atoms with Crippen molar-refractivity contribution in [3.8, 4) is 11.1 Å². The molecule has 1 saturated heterocycles. The van der Waals surface area contributed by atoms with Gasteiger partial charge in [0.05, 0.1) is 11.7 Å². The number of piperidine rings is 1. The van der Waals surface area contributed by atoms with Crippen molar-refractivity contribution < 1.29 is 24.1 Å². The zero-order valence-electron chi connectivity index (χ0n) is 21.1. The van der Waals surface area contributed by atoms with Crippen LogP contribution in [0.5, 0.6) is 0 Å². The van der Waals surface area contributed by atoms with E-state index in [1.807, 2.05) is 41.3 Å². The van der Waals surface area contributed by atoms with Gasteiger partial charge in [-0.15, -0.1) is 0 Å². The number of amides is 1. The molecule has 2 fully saturated rings. The lowest BCUT2D eigenvalue weighted by Crippen LogP contribution is -2.49. The molecule has 5 atom stereocenters. The van der Waals surface area contributed by atoms with Crippen LogP contribution in [0, 0.1) is 17.7 Å². The molecule has 1 heterocycles. The first kappa shape index (κ1) is 26.7. The van der Waals surface area contributed by atoms with Gasteiger partial charge < -0.3 is 25.6 Å². The van der Waals surface area contributed by atoms with Crippen LogP contribution < -0.4 is 5.73 Å². The Bertz CT molecular complexity index is 1010. The quantitative estimate of drug-likeness (QED) is 0.457. The molecule has 4 rings (SSSR count). The van der Waals surface area contributed by atoms with Crippen molar-refractivity contribution in [3.05, 3.63) is 59.9 Å². The molecule has 5 unspecified atom stereocenters. The van der Waals surface area contributed by atoms with Crippen molar-refractivity contribution in [2.45, 2.75) is 62.7 Å². The van der Waals surface area contributed by atoms with E-state index in [-0.39, 0.29) is 29.6 Å². The first-order valence-electron chi connectivity index (χ1n) is 13.1. The SMILES string of the molecule is COCCCCC(O)(c1cccc(F)c1-c1ccccc1)C1CCCN(C(=O)C2CC(N)C(O)C2)C1. The molecule has 2 aliphatic rings. The molecule has 1 saturated carbocycles. The largest absolute Gasteiger partial charge is 0.391 e. The number of carbonyl (C=O) groups excluding carboxylic acids is 1. The number of ether oxygens (including phenoxy) is 1. The standard InChI is InChI=1S/C29H39FN2O4/c1-36-16-6-5-14-29(35,23-12-7-13-24(30)27(23)20-9-3-2-4-10-20)22-11-8-15-32(19-22)28(34)21-17-25(31)26(33)18-21/h2-4,7,9-10,12-13,21-22,25-26,33,35H,5-6,8,11,14-19,31H2,1H3. The third kappa shape index (κ3) is 5.65. The predicted octanol–water partition coefficient (Wildman–Crippen LogP) is 3.83. The first-order chi connectivity index (χ1) is 17.3. The molecule has 7 heteroatoms. The number of likely N-dealkylation sites (tertiary alicyclic amines) is 1. The average molecular weight is 499 g/mol. The van der Waals surface area contributed by atoms with Crippen molar-refractivity contribution in [2.24, 2.45) is 17.6 Å². The van der Waals surface area contributed by atoms with Crippen molar-refractivity contribution >= 4 is 5.91 Å². The minimum atomic E-state index is -1.31. The van der Waals surface area contributed by atoms with E-state index in [9.17, 15) is 15.0 Å². The van der Waals surface area contributed by atoms with E-state index < -0.39 is 11.7 Å². The van der Waals surface area contributed by atoms with Gasteiger partial charge in [0.1, 0.15) is 5.82 Å². The van der Waals surface area contributed by atoms with Crippen LogP contribution in [0.3, 0.4) is 0 Å². The lowest BCUT2D eigenvalue weighted by atomic mass is 9.72. The number of hydrogen-bond donors (Lipinski definition) is 3. The molecule has 0 bridgehead atoms. The second-order valence-corrected chi connectivity index (χ2v) is 10.4. The summed E-state index contributed by atoms with van der Waals surface area (Å²) in [5.41, 5.74) is 6.36. The van der Waals surface area contributed by atoms with E-state index in [1.54, 1.807) is 13.2 Å². The van der Waals surface area contributed by atoms with E-state index in [2.05, 4.69) is 0 Å². The van der Waals surface area contributed by atoms with Gasteiger partial charge in [-0.2, -0.15) is 0 Å². The van der Waals surface area contributed by atoms with Crippen LogP contribution in [0.25, 0.3) is 11.1 Å². The number of unbranched alkanes of at least 4 members (excludes halogenated alkanes) is 1. The maximum atomic E-state index is 15.3. The highest BCUT2D eigenvalue weighted by Gasteiger charge is 2.44. The summed E-state index contributed by atoms with van der Waals surface area (Å²) in [6.45, 7) is 1.60. The Balaban J connectivity index is 1.66.